The van der Waals surface area contributed by atoms with Crippen molar-refractivity contribution in [2.75, 3.05) is 18.0 Å². The third-order valence-corrected chi connectivity index (χ3v) is 5.84. The fourth-order valence-electron chi connectivity index (χ4n) is 4.62. The Kier molecular flexibility index (Phi) is 3.48. The molecule has 2 N–H and O–H groups in total. The van der Waals surface area contributed by atoms with Crippen LogP contribution in [0.4, 0.5) is 5.69 Å². The zero-order valence-corrected chi connectivity index (χ0v) is 14.9. The van der Waals surface area contributed by atoms with E-state index >= 15 is 0 Å². The number of para-hydroxylation sites is 1. The number of hydrogen-bond donors (Lipinski definition) is 2. The molecule has 0 atom stereocenters. The Morgan fingerprint density at radius 3 is 2.81 bits per heavy atom. The monoisotopic (exact) mass is 346 g/mol. The maximum absolute atomic E-state index is 12.2. The molecule has 3 aromatic rings. The zero-order chi connectivity index (χ0) is 17.7. The lowest BCUT2D eigenvalue weighted by Gasteiger charge is -2.34. The second kappa shape index (κ2) is 5.87. The normalized spacial score (nSPS) is 17.6. The number of piperidine rings is 1. The van der Waals surface area contributed by atoms with Gasteiger partial charge in [-0.15, -0.1) is 0 Å². The highest BCUT2D eigenvalue weighted by atomic mass is 16.1. The highest BCUT2D eigenvalue weighted by molar-refractivity contribution is 6.03. The number of anilines is 1. The van der Waals surface area contributed by atoms with Crippen LogP contribution in [0, 0.1) is 6.92 Å². The molecule has 0 saturated carbocycles. The minimum atomic E-state index is 0.0118. The summed E-state index contributed by atoms with van der Waals surface area (Å²) in [5, 5.41) is 4.25. The summed E-state index contributed by atoms with van der Waals surface area (Å²) in [5.74, 6) is 0.573. The molecule has 0 spiro atoms. The van der Waals surface area contributed by atoms with Crippen LogP contribution in [-0.2, 0) is 6.54 Å². The molecule has 0 unspecified atom stereocenters. The van der Waals surface area contributed by atoms with Crippen molar-refractivity contribution < 1.29 is 4.79 Å². The van der Waals surface area contributed by atoms with Crippen LogP contribution >= 0.6 is 0 Å². The second-order valence-corrected chi connectivity index (χ2v) is 7.31. The lowest BCUT2D eigenvalue weighted by atomic mass is 9.87. The molecule has 1 aromatic carbocycles. The summed E-state index contributed by atoms with van der Waals surface area (Å²) in [7, 11) is 0. The highest BCUT2D eigenvalue weighted by Crippen LogP contribution is 2.37. The average molecular weight is 346 g/mol. The molecule has 0 radical (unpaired) electrons. The molecule has 1 saturated heterocycles. The Bertz CT molecular complexity index is 998. The van der Waals surface area contributed by atoms with E-state index in [4.69, 9.17) is 0 Å². The Labute approximate surface area is 152 Å². The van der Waals surface area contributed by atoms with Crippen LogP contribution in [0.5, 0.6) is 0 Å². The van der Waals surface area contributed by atoms with E-state index in [0.29, 0.717) is 12.5 Å². The lowest BCUT2D eigenvalue weighted by Crippen LogP contribution is -2.34. The number of benzene rings is 1. The van der Waals surface area contributed by atoms with Gasteiger partial charge in [0.05, 0.1) is 23.5 Å². The van der Waals surface area contributed by atoms with Gasteiger partial charge >= 0.3 is 0 Å². The molecule has 5 rings (SSSR count). The van der Waals surface area contributed by atoms with Crippen molar-refractivity contribution in [2.45, 2.75) is 32.2 Å². The average Bonchev–Trinajstić information content (AvgIpc) is 3.21. The van der Waals surface area contributed by atoms with Gasteiger partial charge in [0.25, 0.3) is 5.91 Å². The molecule has 1 amide bonds. The first-order valence-corrected chi connectivity index (χ1v) is 9.30. The van der Waals surface area contributed by atoms with Gasteiger partial charge in [-0.1, -0.05) is 18.2 Å². The smallest absolute Gasteiger partial charge is 0.255 e. The van der Waals surface area contributed by atoms with E-state index in [1.165, 1.54) is 22.2 Å². The van der Waals surface area contributed by atoms with Crippen molar-refractivity contribution >= 4 is 22.5 Å². The van der Waals surface area contributed by atoms with Crippen molar-refractivity contribution in [3.63, 3.8) is 0 Å². The number of amides is 1. The Morgan fingerprint density at radius 2 is 1.96 bits per heavy atom. The van der Waals surface area contributed by atoms with Crippen LogP contribution in [-0.4, -0.2) is 29.0 Å². The molecule has 26 heavy (non-hydrogen) atoms. The van der Waals surface area contributed by atoms with Crippen molar-refractivity contribution in [3.8, 4) is 0 Å². The van der Waals surface area contributed by atoms with Gasteiger partial charge < -0.3 is 15.2 Å². The lowest BCUT2D eigenvalue weighted by molar-refractivity contribution is 0.0966. The SMILES string of the molecule is Cc1[nH]c2ccccc2c1C1CCN(c2ccnc3c2C(=O)NC3)CC1. The summed E-state index contributed by atoms with van der Waals surface area (Å²) in [5.41, 5.74) is 6.67. The number of rotatable bonds is 2. The van der Waals surface area contributed by atoms with Gasteiger partial charge in [0.2, 0.25) is 0 Å². The molecule has 132 valence electrons. The second-order valence-electron chi connectivity index (χ2n) is 7.31. The van der Waals surface area contributed by atoms with Crippen LogP contribution in [0.1, 0.15) is 46.1 Å². The van der Waals surface area contributed by atoms with E-state index in [0.717, 1.165) is 42.9 Å². The number of nitrogens with zero attached hydrogens (tertiary/aromatic N) is 2. The minimum absolute atomic E-state index is 0.0118. The summed E-state index contributed by atoms with van der Waals surface area (Å²) in [6, 6.07) is 10.6. The summed E-state index contributed by atoms with van der Waals surface area (Å²) in [4.78, 5) is 22.4. The van der Waals surface area contributed by atoms with E-state index in [1.807, 2.05) is 12.3 Å². The summed E-state index contributed by atoms with van der Waals surface area (Å²) in [6.45, 7) is 4.66. The molecule has 2 aromatic heterocycles. The van der Waals surface area contributed by atoms with E-state index < -0.39 is 0 Å². The predicted molar refractivity (Wildman–Crippen MR) is 103 cm³/mol. The standard InChI is InChI=1S/C21H22N4O/c1-13-19(15-4-2-3-5-16(15)24-13)14-7-10-25(11-8-14)18-6-9-22-17-12-23-21(26)20(17)18/h2-6,9,14,24H,7-8,10-12H2,1H3,(H,23,26). The van der Waals surface area contributed by atoms with Gasteiger partial charge in [0, 0.05) is 35.9 Å². The van der Waals surface area contributed by atoms with Gasteiger partial charge in [-0.05, 0) is 43.4 Å². The first-order valence-electron chi connectivity index (χ1n) is 9.30. The summed E-state index contributed by atoms with van der Waals surface area (Å²) >= 11 is 0. The van der Waals surface area contributed by atoms with E-state index in [-0.39, 0.29) is 5.91 Å². The number of fused-ring (bicyclic) bond motifs is 2. The predicted octanol–water partition coefficient (Wildman–Crippen LogP) is 3.50. The maximum atomic E-state index is 12.2. The number of carbonyl (C=O) groups excluding carboxylic acids is 1. The Hall–Kier alpha value is -2.82. The molecule has 5 nitrogen and oxygen atoms in total. The maximum Gasteiger partial charge on any atom is 0.255 e. The van der Waals surface area contributed by atoms with Gasteiger partial charge in [-0.2, -0.15) is 0 Å². The fourth-order valence-corrected chi connectivity index (χ4v) is 4.62. The Morgan fingerprint density at radius 1 is 1.15 bits per heavy atom. The zero-order valence-electron chi connectivity index (χ0n) is 14.9. The number of aryl methyl sites for hydroxylation is 1. The molecular formula is C21H22N4O. The number of hydrogen-bond acceptors (Lipinski definition) is 3. The number of carbonyl (C=O) groups is 1. The first kappa shape index (κ1) is 15.4. The fraction of sp³-hybridized carbons (Fsp3) is 0.333. The molecule has 5 heteroatoms. The Balaban J connectivity index is 1.41. The van der Waals surface area contributed by atoms with Gasteiger partial charge in [-0.25, -0.2) is 0 Å². The number of aromatic amines is 1. The topological polar surface area (TPSA) is 61.0 Å². The largest absolute Gasteiger partial charge is 0.371 e. The molecular weight excluding hydrogens is 324 g/mol. The summed E-state index contributed by atoms with van der Waals surface area (Å²) in [6.07, 6.45) is 4.02. The van der Waals surface area contributed by atoms with Crippen LogP contribution in [0.15, 0.2) is 36.5 Å². The van der Waals surface area contributed by atoms with Gasteiger partial charge in [0.15, 0.2) is 0 Å². The molecule has 1 fully saturated rings. The molecule has 0 bridgehead atoms. The number of pyridine rings is 1. The van der Waals surface area contributed by atoms with E-state index in [2.05, 4.69) is 51.4 Å². The van der Waals surface area contributed by atoms with E-state index in [9.17, 15) is 4.79 Å². The van der Waals surface area contributed by atoms with Crippen molar-refractivity contribution in [1.82, 2.24) is 15.3 Å². The third-order valence-electron chi connectivity index (χ3n) is 5.84. The van der Waals surface area contributed by atoms with Crippen LogP contribution < -0.4 is 10.2 Å². The van der Waals surface area contributed by atoms with Crippen molar-refractivity contribution in [3.05, 3.63) is 59.0 Å². The number of H-pyrrole nitrogens is 1. The minimum Gasteiger partial charge on any atom is -0.371 e. The van der Waals surface area contributed by atoms with Crippen molar-refractivity contribution in [2.24, 2.45) is 0 Å². The van der Waals surface area contributed by atoms with Crippen LogP contribution in [0.3, 0.4) is 0 Å². The van der Waals surface area contributed by atoms with Gasteiger partial charge in [-0.3, -0.25) is 9.78 Å². The quantitative estimate of drug-likeness (QED) is 0.747. The van der Waals surface area contributed by atoms with Crippen molar-refractivity contribution in [1.29, 1.82) is 0 Å². The van der Waals surface area contributed by atoms with E-state index in [1.54, 1.807) is 0 Å². The highest BCUT2D eigenvalue weighted by Gasteiger charge is 2.29. The number of nitrogens with one attached hydrogen (secondary N) is 2. The number of aromatic nitrogens is 2. The third kappa shape index (κ3) is 2.30. The molecule has 2 aliphatic heterocycles. The van der Waals surface area contributed by atoms with Crippen LogP contribution in [0.2, 0.25) is 0 Å². The van der Waals surface area contributed by atoms with Gasteiger partial charge in [0.1, 0.15) is 0 Å². The van der Waals surface area contributed by atoms with Crippen LogP contribution in [0.25, 0.3) is 10.9 Å². The first-order chi connectivity index (χ1) is 12.7. The molecule has 0 aliphatic carbocycles. The molecule has 2 aliphatic rings. The molecule has 4 heterocycles. The summed E-state index contributed by atoms with van der Waals surface area (Å²) < 4.78 is 0.